The number of alkyl carbamates (subject to hydrolysis) is 1. The lowest BCUT2D eigenvalue weighted by molar-refractivity contribution is -0.117. The number of ether oxygens (including phenoxy) is 1. The second-order valence-corrected chi connectivity index (χ2v) is 7.01. The molecule has 0 radical (unpaired) electrons. The van der Waals surface area contributed by atoms with Gasteiger partial charge in [-0.15, -0.1) is 0 Å². The maximum absolute atomic E-state index is 12.1. The highest BCUT2D eigenvalue weighted by atomic mass is 16.6. The third-order valence-electron chi connectivity index (χ3n) is 3.42. The van der Waals surface area contributed by atoms with Crippen molar-refractivity contribution in [3.05, 3.63) is 29.8 Å². The summed E-state index contributed by atoms with van der Waals surface area (Å²) in [7, 11) is 0. The largest absolute Gasteiger partial charge is 0.444 e. The van der Waals surface area contributed by atoms with Gasteiger partial charge in [0, 0.05) is 5.69 Å². The molecule has 1 rings (SSSR count). The Kier molecular flexibility index (Phi) is 7.75. The summed E-state index contributed by atoms with van der Waals surface area (Å²) in [4.78, 5) is 23.8. The molecule has 0 bridgehead atoms. The molecule has 0 saturated carbocycles. The summed E-state index contributed by atoms with van der Waals surface area (Å²) < 4.78 is 5.14. The van der Waals surface area contributed by atoms with Crippen molar-refractivity contribution in [2.45, 2.75) is 71.9 Å². The molecule has 0 fully saturated rings. The van der Waals surface area contributed by atoms with Gasteiger partial charge in [-0.2, -0.15) is 0 Å². The molecule has 2 N–H and O–H groups in total. The van der Waals surface area contributed by atoms with E-state index in [2.05, 4.69) is 17.6 Å². The van der Waals surface area contributed by atoms with E-state index in [1.54, 1.807) is 27.7 Å². The van der Waals surface area contributed by atoms with Gasteiger partial charge >= 0.3 is 6.09 Å². The minimum atomic E-state index is -0.677. The fourth-order valence-electron chi connectivity index (χ4n) is 2.13. The van der Waals surface area contributed by atoms with Crippen molar-refractivity contribution in [3.63, 3.8) is 0 Å². The number of hydrogen-bond donors (Lipinski definition) is 2. The molecule has 1 aromatic carbocycles. The van der Waals surface area contributed by atoms with Gasteiger partial charge in [0.15, 0.2) is 0 Å². The Hall–Kier alpha value is -2.04. The molecule has 0 aliphatic heterocycles. The Morgan fingerprint density at radius 1 is 1.12 bits per heavy atom. The highest BCUT2D eigenvalue weighted by molar-refractivity contribution is 5.96. The molecule has 2 amide bonds. The average molecular weight is 334 g/mol. The molecule has 0 spiro atoms. The van der Waals surface area contributed by atoms with Crippen LogP contribution >= 0.6 is 0 Å². The SMILES string of the molecule is CCCCCc1ccc(NC(=O)[C@@H](C)NC(=O)OC(C)(C)C)cc1. The zero-order valence-corrected chi connectivity index (χ0v) is 15.4. The van der Waals surface area contributed by atoms with Crippen LogP contribution in [0.2, 0.25) is 0 Å². The van der Waals surface area contributed by atoms with Crippen molar-refractivity contribution >= 4 is 17.7 Å². The number of carbonyl (C=O) groups excluding carboxylic acids is 2. The zero-order valence-electron chi connectivity index (χ0n) is 15.4. The normalized spacial score (nSPS) is 12.4. The molecule has 0 aliphatic carbocycles. The third-order valence-corrected chi connectivity index (χ3v) is 3.42. The van der Waals surface area contributed by atoms with Crippen LogP contribution in [0.4, 0.5) is 10.5 Å². The molecular formula is C19H30N2O3. The van der Waals surface area contributed by atoms with E-state index in [4.69, 9.17) is 4.74 Å². The van der Waals surface area contributed by atoms with Gasteiger partial charge in [0.1, 0.15) is 11.6 Å². The number of amides is 2. The van der Waals surface area contributed by atoms with Crippen molar-refractivity contribution in [1.29, 1.82) is 0 Å². The number of anilines is 1. The zero-order chi connectivity index (χ0) is 18.2. The first-order valence-electron chi connectivity index (χ1n) is 8.60. The van der Waals surface area contributed by atoms with Crippen LogP contribution in [0, 0.1) is 0 Å². The summed E-state index contributed by atoms with van der Waals surface area (Å²) in [5, 5.41) is 5.32. The van der Waals surface area contributed by atoms with E-state index in [0.29, 0.717) is 0 Å². The monoisotopic (exact) mass is 334 g/mol. The van der Waals surface area contributed by atoms with Crippen LogP contribution in [0.15, 0.2) is 24.3 Å². The molecule has 1 aromatic rings. The summed E-state index contributed by atoms with van der Waals surface area (Å²) in [6.07, 6.45) is 4.07. The molecule has 1 atom stereocenters. The first-order valence-corrected chi connectivity index (χ1v) is 8.60. The number of carbonyl (C=O) groups is 2. The van der Waals surface area contributed by atoms with Crippen LogP contribution in [0.25, 0.3) is 0 Å². The maximum atomic E-state index is 12.1. The average Bonchev–Trinajstić information content (AvgIpc) is 2.47. The number of rotatable bonds is 7. The highest BCUT2D eigenvalue weighted by Crippen LogP contribution is 2.13. The summed E-state index contributed by atoms with van der Waals surface area (Å²) >= 11 is 0. The lowest BCUT2D eigenvalue weighted by atomic mass is 10.1. The smallest absolute Gasteiger partial charge is 0.408 e. The van der Waals surface area contributed by atoms with Gasteiger partial charge in [0.2, 0.25) is 5.91 Å². The van der Waals surface area contributed by atoms with Crippen LogP contribution < -0.4 is 10.6 Å². The van der Waals surface area contributed by atoms with Crippen LogP contribution in [0.1, 0.15) is 59.4 Å². The quantitative estimate of drug-likeness (QED) is 0.732. The molecule has 0 aromatic heterocycles. The molecule has 24 heavy (non-hydrogen) atoms. The lowest BCUT2D eigenvalue weighted by Crippen LogP contribution is -2.43. The third kappa shape index (κ3) is 7.99. The first kappa shape index (κ1) is 20.0. The van der Waals surface area contributed by atoms with Gasteiger partial charge in [-0.25, -0.2) is 4.79 Å². The van der Waals surface area contributed by atoms with E-state index in [1.165, 1.54) is 24.8 Å². The molecule has 5 heteroatoms. The van der Waals surface area contributed by atoms with Gasteiger partial charge in [0.25, 0.3) is 0 Å². The number of benzene rings is 1. The fourth-order valence-corrected chi connectivity index (χ4v) is 2.13. The minimum Gasteiger partial charge on any atom is -0.444 e. The summed E-state index contributed by atoms with van der Waals surface area (Å²) in [5.41, 5.74) is 1.40. The Bertz CT molecular complexity index is 533. The Balaban J connectivity index is 2.47. The molecule has 134 valence electrons. The van der Waals surface area contributed by atoms with Crippen molar-refractivity contribution in [2.24, 2.45) is 0 Å². The minimum absolute atomic E-state index is 0.278. The fraction of sp³-hybridized carbons (Fsp3) is 0.579. The van der Waals surface area contributed by atoms with E-state index >= 15 is 0 Å². The molecule has 0 saturated heterocycles. The van der Waals surface area contributed by atoms with Crippen LogP contribution in [-0.4, -0.2) is 23.6 Å². The van der Waals surface area contributed by atoms with E-state index < -0.39 is 17.7 Å². The molecule has 0 heterocycles. The summed E-state index contributed by atoms with van der Waals surface area (Å²) in [6, 6.07) is 7.15. The number of nitrogens with one attached hydrogen (secondary N) is 2. The molecule has 0 aliphatic rings. The second-order valence-electron chi connectivity index (χ2n) is 7.01. The number of aryl methyl sites for hydroxylation is 1. The van der Waals surface area contributed by atoms with Gasteiger partial charge in [0.05, 0.1) is 0 Å². The van der Waals surface area contributed by atoms with Gasteiger partial charge in [-0.3, -0.25) is 4.79 Å². The summed E-state index contributed by atoms with van der Waals surface area (Å²) in [5.74, 6) is -0.278. The standard InChI is InChI=1S/C19H30N2O3/c1-6-7-8-9-15-10-12-16(13-11-15)21-17(22)14(2)20-18(23)24-19(3,4)5/h10-14H,6-9H2,1-5H3,(H,20,23)(H,21,22)/t14-/m1/s1. The van der Waals surface area contributed by atoms with Gasteiger partial charge in [-0.1, -0.05) is 31.9 Å². The first-order chi connectivity index (χ1) is 11.2. The van der Waals surface area contributed by atoms with Crippen LogP contribution in [0.3, 0.4) is 0 Å². The van der Waals surface area contributed by atoms with E-state index in [1.807, 2.05) is 24.3 Å². The number of hydrogen-bond acceptors (Lipinski definition) is 3. The van der Waals surface area contributed by atoms with E-state index in [-0.39, 0.29) is 5.91 Å². The van der Waals surface area contributed by atoms with E-state index in [0.717, 1.165) is 12.1 Å². The molecular weight excluding hydrogens is 304 g/mol. The van der Waals surface area contributed by atoms with Crippen LogP contribution in [0.5, 0.6) is 0 Å². The Morgan fingerprint density at radius 3 is 2.29 bits per heavy atom. The maximum Gasteiger partial charge on any atom is 0.408 e. The molecule has 5 nitrogen and oxygen atoms in total. The number of unbranched alkanes of at least 4 members (excludes halogenated alkanes) is 2. The van der Waals surface area contributed by atoms with E-state index in [9.17, 15) is 9.59 Å². The van der Waals surface area contributed by atoms with Crippen molar-refractivity contribution < 1.29 is 14.3 Å². The lowest BCUT2D eigenvalue weighted by Gasteiger charge is -2.21. The topological polar surface area (TPSA) is 67.4 Å². The van der Waals surface area contributed by atoms with Gasteiger partial charge in [-0.05, 0) is 58.2 Å². The predicted molar refractivity (Wildman–Crippen MR) is 97.1 cm³/mol. The highest BCUT2D eigenvalue weighted by Gasteiger charge is 2.21. The van der Waals surface area contributed by atoms with Crippen LogP contribution in [-0.2, 0) is 16.0 Å². The van der Waals surface area contributed by atoms with Crippen molar-refractivity contribution in [2.75, 3.05) is 5.32 Å². The second kappa shape index (κ2) is 9.30. The van der Waals surface area contributed by atoms with Crippen molar-refractivity contribution in [3.8, 4) is 0 Å². The predicted octanol–water partition coefficient (Wildman–Crippen LogP) is 4.27. The molecule has 0 unspecified atom stereocenters. The summed E-state index contributed by atoms with van der Waals surface area (Å²) in [6.45, 7) is 9.14. The van der Waals surface area contributed by atoms with Crippen molar-refractivity contribution in [1.82, 2.24) is 5.32 Å². The Morgan fingerprint density at radius 2 is 1.75 bits per heavy atom. The van der Waals surface area contributed by atoms with Gasteiger partial charge < -0.3 is 15.4 Å². The Labute approximate surface area is 145 Å².